The number of amides is 1. The Labute approximate surface area is 104 Å². The third-order valence-electron chi connectivity index (χ3n) is 3.04. The number of carbonyl (C=O) groups excluding carboxylic acids is 2. The van der Waals surface area contributed by atoms with Crippen molar-refractivity contribution in [3.8, 4) is 0 Å². The fourth-order valence-corrected chi connectivity index (χ4v) is 2.33. The monoisotopic (exact) mass is 237 g/mol. The van der Waals surface area contributed by atoms with Crippen LogP contribution in [0.1, 0.15) is 22.8 Å². The molecule has 3 rings (SSSR count). The van der Waals surface area contributed by atoms with E-state index in [0.29, 0.717) is 11.3 Å². The molecule has 0 radical (unpaired) electrons. The van der Waals surface area contributed by atoms with Crippen LogP contribution in [0.2, 0.25) is 0 Å². The zero-order valence-electron chi connectivity index (χ0n) is 9.86. The van der Waals surface area contributed by atoms with E-state index in [-0.39, 0.29) is 11.7 Å². The van der Waals surface area contributed by atoms with Gasteiger partial charge in [-0.3, -0.25) is 9.59 Å². The lowest BCUT2D eigenvalue weighted by Gasteiger charge is -2.16. The van der Waals surface area contributed by atoms with Crippen molar-refractivity contribution in [3.05, 3.63) is 53.2 Å². The van der Waals surface area contributed by atoms with E-state index in [4.69, 9.17) is 0 Å². The van der Waals surface area contributed by atoms with E-state index in [0.717, 1.165) is 16.3 Å². The van der Waals surface area contributed by atoms with Crippen molar-refractivity contribution in [2.45, 2.75) is 6.92 Å². The zero-order chi connectivity index (χ0) is 12.7. The van der Waals surface area contributed by atoms with Crippen LogP contribution in [-0.2, 0) is 4.79 Å². The van der Waals surface area contributed by atoms with Crippen molar-refractivity contribution in [2.75, 3.05) is 0 Å². The molecule has 3 nitrogen and oxygen atoms in total. The molecule has 0 unspecified atom stereocenters. The van der Waals surface area contributed by atoms with Crippen LogP contribution in [0.4, 0.5) is 0 Å². The van der Waals surface area contributed by atoms with Crippen LogP contribution in [0.3, 0.4) is 0 Å². The summed E-state index contributed by atoms with van der Waals surface area (Å²) in [6.45, 7) is 1.40. The zero-order valence-corrected chi connectivity index (χ0v) is 9.86. The number of hydrogen-bond acceptors (Lipinski definition) is 2. The van der Waals surface area contributed by atoms with E-state index >= 15 is 0 Å². The average Bonchev–Trinajstić information content (AvgIpc) is 2.35. The van der Waals surface area contributed by atoms with Crippen molar-refractivity contribution in [1.29, 1.82) is 0 Å². The summed E-state index contributed by atoms with van der Waals surface area (Å²) in [5.41, 5.74) is 1.95. The van der Waals surface area contributed by atoms with Gasteiger partial charge in [-0.2, -0.15) is 0 Å². The number of benzene rings is 2. The van der Waals surface area contributed by atoms with Crippen LogP contribution in [0.25, 0.3) is 16.8 Å². The van der Waals surface area contributed by atoms with Gasteiger partial charge in [0, 0.05) is 17.9 Å². The largest absolute Gasteiger partial charge is 0.323 e. The molecule has 1 aliphatic carbocycles. The third-order valence-corrected chi connectivity index (χ3v) is 3.04. The first-order valence-corrected chi connectivity index (χ1v) is 5.72. The Hall–Kier alpha value is -2.42. The highest BCUT2D eigenvalue weighted by Crippen LogP contribution is 2.30. The van der Waals surface area contributed by atoms with Crippen LogP contribution < -0.4 is 5.32 Å². The molecule has 18 heavy (non-hydrogen) atoms. The molecule has 0 bridgehead atoms. The number of ketones is 1. The molecule has 0 saturated heterocycles. The Bertz CT molecular complexity index is 708. The molecular formula is C15H11NO2. The number of hydrogen-bond donors (Lipinski definition) is 1. The van der Waals surface area contributed by atoms with E-state index in [2.05, 4.69) is 5.32 Å². The van der Waals surface area contributed by atoms with Gasteiger partial charge in [-0.25, -0.2) is 0 Å². The number of allylic oxidation sites excluding steroid dienone is 1. The highest BCUT2D eigenvalue weighted by molar-refractivity contribution is 6.23. The summed E-state index contributed by atoms with van der Waals surface area (Å²) < 4.78 is 0. The maximum atomic E-state index is 12.3. The third kappa shape index (κ3) is 1.52. The predicted octanol–water partition coefficient (Wildman–Crippen LogP) is 2.51. The lowest BCUT2D eigenvalue weighted by Crippen LogP contribution is -2.26. The minimum Gasteiger partial charge on any atom is -0.323 e. The fraction of sp³-hybridized carbons (Fsp3) is 0.0667. The maximum Gasteiger partial charge on any atom is 0.221 e. The van der Waals surface area contributed by atoms with Gasteiger partial charge in [0.2, 0.25) is 11.7 Å². The summed E-state index contributed by atoms with van der Waals surface area (Å²) in [4.78, 5) is 23.4. The lowest BCUT2D eigenvalue weighted by molar-refractivity contribution is -0.118. The summed E-state index contributed by atoms with van der Waals surface area (Å²) in [6, 6.07) is 11.5. The normalized spacial score (nSPS) is 13.4. The van der Waals surface area contributed by atoms with Gasteiger partial charge in [-0.05, 0) is 17.0 Å². The van der Waals surface area contributed by atoms with E-state index in [1.54, 1.807) is 12.1 Å². The maximum absolute atomic E-state index is 12.3. The lowest BCUT2D eigenvalue weighted by atomic mass is 9.90. The Morgan fingerprint density at radius 3 is 2.56 bits per heavy atom. The molecule has 0 heterocycles. The van der Waals surface area contributed by atoms with Gasteiger partial charge in [0.05, 0.1) is 5.70 Å². The quantitative estimate of drug-likeness (QED) is 0.828. The highest BCUT2D eigenvalue weighted by Gasteiger charge is 2.21. The number of carbonyl (C=O) groups is 2. The average molecular weight is 237 g/mol. The summed E-state index contributed by atoms with van der Waals surface area (Å²) >= 11 is 0. The molecule has 0 spiro atoms. The summed E-state index contributed by atoms with van der Waals surface area (Å²) in [6.07, 6.45) is 1.74. The number of rotatable bonds is 1. The summed E-state index contributed by atoms with van der Waals surface area (Å²) in [5.74, 6) is -0.365. The molecule has 88 valence electrons. The standard InChI is InChI=1S/C15H11NO2/c1-9(17)16-13-8-11-6-2-4-10-5-3-7-12(14(10)11)15(13)18/h2-8H,1H3,(H,16,17). The van der Waals surface area contributed by atoms with Gasteiger partial charge in [-0.1, -0.05) is 36.4 Å². The van der Waals surface area contributed by atoms with E-state index < -0.39 is 0 Å². The SMILES string of the molecule is CC(=O)NC1=Cc2cccc3cccc(c23)C1=O. The van der Waals surface area contributed by atoms with Gasteiger partial charge in [0.15, 0.2) is 0 Å². The Morgan fingerprint density at radius 2 is 1.83 bits per heavy atom. The van der Waals surface area contributed by atoms with E-state index in [1.807, 2.05) is 30.3 Å². The van der Waals surface area contributed by atoms with Crippen LogP contribution >= 0.6 is 0 Å². The summed E-state index contributed by atoms with van der Waals surface area (Å²) in [7, 11) is 0. The predicted molar refractivity (Wildman–Crippen MR) is 70.1 cm³/mol. The van der Waals surface area contributed by atoms with Crippen molar-refractivity contribution in [2.24, 2.45) is 0 Å². The fourth-order valence-electron chi connectivity index (χ4n) is 2.33. The minimum atomic E-state index is -0.235. The Balaban J connectivity index is 2.28. The molecule has 0 atom stereocenters. The first kappa shape index (κ1) is 10.7. The summed E-state index contributed by atoms with van der Waals surface area (Å²) in [5, 5.41) is 4.58. The minimum absolute atomic E-state index is 0.130. The van der Waals surface area contributed by atoms with E-state index in [1.165, 1.54) is 6.92 Å². The molecule has 0 aliphatic heterocycles. The first-order valence-electron chi connectivity index (χ1n) is 5.72. The second kappa shape index (κ2) is 3.81. The van der Waals surface area contributed by atoms with Crippen LogP contribution in [0.15, 0.2) is 42.1 Å². The Kier molecular flexibility index (Phi) is 2.27. The van der Waals surface area contributed by atoms with Crippen molar-refractivity contribution >= 4 is 28.5 Å². The van der Waals surface area contributed by atoms with Crippen molar-refractivity contribution < 1.29 is 9.59 Å². The van der Waals surface area contributed by atoms with Gasteiger partial charge in [0.1, 0.15) is 0 Å². The molecule has 2 aromatic rings. The molecule has 0 saturated carbocycles. The van der Waals surface area contributed by atoms with Crippen LogP contribution in [-0.4, -0.2) is 11.7 Å². The molecule has 1 amide bonds. The molecule has 2 aromatic carbocycles. The Morgan fingerprint density at radius 1 is 1.11 bits per heavy atom. The highest BCUT2D eigenvalue weighted by atomic mass is 16.2. The van der Waals surface area contributed by atoms with E-state index in [9.17, 15) is 9.59 Å². The van der Waals surface area contributed by atoms with Gasteiger partial charge < -0.3 is 5.32 Å². The first-order chi connectivity index (χ1) is 8.66. The number of Topliss-reactive ketones (excluding diaryl/α,β-unsaturated/α-hetero) is 1. The number of nitrogens with one attached hydrogen (secondary N) is 1. The molecule has 3 heteroatoms. The van der Waals surface area contributed by atoms with Gasteiger partial charge in [0.25, 0.3) is 0 Å². The molecule has 0 fully saturated rings. The van der Waals surface area contributed by atoms with Gasteiger partial charge >= 0.3 is 0 Å². The molecule has 1 N–H and O–H groups in total. The second-order valence-corrected chi connectivity index (χ2v) is 4.32. The second-order valence-electron chi connectivity index (χ2n) is 4.32. The van der Waals surface area contributed by atoms with Gasteiger partial charge in [-0.15, -0.1) is 0 Å². The van der Waals surface area contributed by atoms with Crippen LogP contribution in [0.5, 0.6) is 0 Å². The smallest absolute Gasteiger partial charge is 0.221 e. The van der Waals surface area contributed by atoms with Crippen molar-refractivity contribution in [3.63, 3.8) is 0 Å². The van der Waals surface area contributed by atoms with Crippen LogP contribution in [0, 0.1) is 0 Å². The van der Waals surface area contributed by atoms with Crippen molar-refractivity contribution in [1.82, 2.24) is 5.32 Å². The molecular weight excluding hydrogens is 226 g/mol. The molecule has 0 aromatic heterocycles. The molecule has 1 aliphatic rings. The topological polar surface area (TPSA) is 46.2 Å².